The third-order valence-electron chi connectivity index (χ3n) is 6.05. The number of nitrogens with zero attached hydrogens (tertiary/aromatic N) is 3. The van der Waals surface area contributed by atoms with Crippen LogP contribution in [0.25, 0.3) is 0 Å². The maximum absolute atomic E-state index is 11.2. The molecule has 1 aliphatic heterocycles. The van der Waals surface area contributed by atoms with Crippen LogP contribution < -0.4 is 0 Å². The summed E-state index contributed by atoms with van der Waals surface area (Å²) in [5.41, 5.74) is 1.68. The SMILES string of the molecule is CCCC(C)CN1CCC(c2cccc(CO)c2)(c2ncc(C(=O)O)cn2)CC1. The van der Waals surface area contributed by atoms with Crippen LogP contribution >= 0.6 is 0 Å². The summed E-state index contributed by atoms with van der Waals surface area (Å²) in [5.74, 6) is 0.322. The number of hydrogen-bond donors (Lipinski definition) is 2. The number of aromatic carboxylic acids is 1. The van der Waals surface area contributed by atoms with Gasteiger partial charge in [0.1, 0.15) is 5.82 Å². The third kappa shape index (κ3) is 4.82. The van der Waals surface area contributed by atoms with E-state index in [-0.39, 0.29) is 17.6 Å². The highest BCUT2D eigenvalue weighted by molar-refractivity contribution is 5.86. The third-order valence-corrected chi connectivity index (χ3v) is 6.05. The van der Waals surface area contributed by atoms with Crippen LogP contribution in [0.2, 0.25) is 0 Å². The Hall–Kier alpha value is -2.31. The normalized spacial score (nSPS) is 17.8. The van der Waals surface area contributed by atoms with Crippen molar-refractivity contribution in [3.05, 3.63) is 59.2 Å². The fourth-order valence-corrected chi connectivity index (χ4v) is 4.44. The highest BCUT2D eigenvalue weighted by Crippen LogP contribution is 2.40. The molecule has 1 aliphatic rings. The molecule has 2 aromatic rings. The zero-order chi connectivity index (χ0) is 20.9. The van der Waals surface area contributed by atoms with Crippen molar-refractivity contribution in [1.29, 1.82) is 0 Å². The molecule has 0 radical (unpaired) electrons. The van der Waals surface area contributed by atoms with Gasteiger partial charge < -0.3 is 15.1 Å². The van der Waals surface area contributed by atoms with Gasteiger partial charge in [-0.15, -0.1) is 0 Å². The number of aliphatic hydroxyl groups is 1. The number of hydrogen-bond acceptors (Lipinski definition) is 5. The Morgan fingerprint density at radius 2 is 1.93 bits per heavy atom. The van der Waals surface area contributed by atoms with E-state index in [0.29, 0.717) is 11.7 Å². The predicted molar refractivity (Wildman–Crippen MR) is 112 cm³/mol. The van der Waals surface area contributed by atoms with Crippen molar-refractivity contribution in [3.8, 4) is 0 Å². The van der Waals surface area contributed by atoms with Gasteiger partial charge in [-0.1, -0.05) is 44.5 Å². The molecular formula is C23H31N3O3. The Balaban J connectivity index is 1.90. The smallest absolute Gasteiger partial charge is 0.338 e. The van der Waals surface area contributed by atoms with E-state index in [9.17, 15) is 15.0 Å². The molecule has 2 N–H and O–H groups in total. The van der Waals surface area contributed by atoms with Crippen molar-refractivity contribution in [2.24, 2.45) is 5.92 Å². The molecule has 0 spiro atoms. The monoisotopic (exact) mass is 397 g/mol. The lowest BCUT2D eigenvalue weighted by Crippen LogP contribution is -2.45. The lowest BCUT2D eigenvalue weighted by molar-refractivity contribution is 0.0695. The number of likely N-dealkylation sites (tertiary alicyclic amines) is 1. The Bertz CT molecular complexity index is 814. The van der Waals surface area contributed by atoms with E-state index in [4.69, 9.17) is 0 Å². The van der Waals surface area contributed by atoms with Crippen molar-refractivity contribution in [2.75, 3.05) is 19.6 Å². The number of benzene rings is 1. The highest BCUT2D eigenvalue weighted by Gasteiger charge is 2.40. The van der Waals surface area contributed by atoms with Crippen LogP contribution in [0.4, 0.5) is 0 Å². The van der Waals surface area contributed by atoms with Crippen molar-refractivity contribution < 1.29 is 15.0 Å². The molecule has 2 heterocycles. The first-order valence-corrected chi connectivity index (χ1v) is 10.5. The van der Waals surface area contributed by atoms with E-state index in [2.05, 4.69) is 34.8 Å². The van der Waals surface area contributed by atoms with Gasteiger partial charge in [0.25, 0.3) is 0 Å². The van der Waals surface area contributed by atoms with Gasteiger partial charge in [0.2, 0.25) is 0 Å². The molecule has 1 fully saturated rings. The van der Waals surface area contributed by atoms with E-state index in [1.165, 1.54) is 25.2 Å². The first-order valence-electron chi connectivity index (χ1n) is 10.5. The quantitative estimate of drug-likeness (QED) is 0.709. The van der Waals surface area contributed by atoms with Crippen molar-refractivity contribution in [2.45, 2.75) is 51.6 Å². The average molecular weight is 398 g/mol. The first-order chi connectivity index (χ1) is 14.0. The number of carboxylic acids is 1. The van der Waals surface area contributed by atoms with Crippen LogP contribution in [0, 0.1) is 5.92 Å². The summed E-state index contributed by atoms with van der Waals surface area (Å²) in [4.78, 5) is 22.7. The molecule has 0 saturated carbocycles. The molecule has 156 valence electrons. The van der Waals surface area contributed by atoms with E-state index < -0.39 is 5.97 Å². The second kappa shape index (κ2) is 9.46. The van der Waals surface area contributed by atoms with Gasteiger partial charge in [0, 0.05) is 18.9 Å². The summed E-state index contributed by atoms with van der Waals surface area (Å²) in [6.07, 6.45) is 6.98. The molecule has 6 heteroatoms. The van der Waals surface area contributed by atoms with Crippen LogP contribution in [0.3, 0.4) is 0 Å². The van der Waals surface area contributed by atoms with E-state index in [0.717, 1.165) is 43.6 Å². The molecule has 1 aromatic carbocycles. The zero-order valence-electron chi connectivity index (χ0n) is 17.3. The van der Waals surface area contributed by atoms with Crippen molar-refractivity contribution in [3.63, 3.8) is 0 Å². The Morgan fingerprint density at radius 3 is 2.52 bits per heavy atom. The molecule has 1 saturated heterocycles. The van der Waals surface area contributed by atoms with Crippen LogP contribution in [0.1, 0.15) is 66.8 Å². The van der Waals surface area contributed by atoms with Crippen LogP contribution in [-0.4, -0.2) is 50.7 Å². The topological polar surface area (TPSA) is 86.5 Å². The highest BCUT2D eigenvalue weighted by atomic mass is 16.4. The maximum Gasteiger partial charge on any atom is 0.338 e. The van der Waals surface area contributed by atoms with Gasteiger partial charge in [-0.3, -0.25) is 0 Å². The summed E-state index contributed by atoms with van der Waals surface area (Å²) in [6, 6.07) is 7.98. The fourth-order valence-electron chi connectivity index (χ4n) is 4.44. The van der Waals surface area contributed by atoms with Gasteiger partial charge in [0.05, 0.1) is 17.6 Å². The van der Waals surface area contributed by atoms with Gasteiger partial charge in [-0.05, 0) is 49.4 Å². The molecule has 1 unspecified atom stereocenters. The Kier molecular flexibility index (Phi) is 6.98. The largest absolute Gasteiger partial charge is 0.478 e. The molecule has 0 aliphatic carbocycles. The molecule has 0 amide bonds. The molecule has 3 rings (SSSR count). The predicted octanol–water partition coefficient (Wildman–Crippen LogP) is 3.49. The number of piperidine rings is 1. The summed E-state index contributed by atoms with van der Waals surface area (Å²) in [7, 11) is 0. The zero-order valence-corrected chi connectivity index (χ0v) is 17.3. The average Bonchev–Trinajstić information content (AvgIpc) is 2.74. The number of carboxylic acid groups (broad SMARTS) is 1. The van der Waals surface area contributed by atoms with Gasteiger partial charge in [0.15, 0.2) is 0 Å². The number of rotatable bonds is 8. The molecule has 1 aromatic heterocycles. The number of carbonyl (C=O) groups is 1. The van der Waals surface area contributed by atoms with E-state index in [1.54, 1.807) is 0 Å². The van der Waals surface area contributed by atoms with Crippen LogP contribution in [0.5, 0.6) is 0 Å². The first kappa shape index (κ1) is 21.4. The fraction of sp³-hybridized carbons (Fsp3) is 0.522. The summed E-state index contributed by atoms with van der Waals surface area (Å²) >= 11 is 0. The summed E-state index contributed by atoms with van der Waals surface area (Å²) in [5, 5.41) is 18.8. The minimum Gasteiger partial charge on any atom is -0.478 e. The van der Waals surface area contributed by atoms with Crippen LogP contribution in [0.15, 0.2) is 36.7 Å². The standard InChI is InChI=1S/C23H31N3O3/c1-3-5-17(2)15-26-10-8-23(9-11-26,20-7-4-6-18(12-20)16-27)22-24-13-19(14-25-22)21(28)29/h4,6-7,12-14,17,27H,3,5,8-11,15-16H2,1-2H3,(H,28,29). The van der Waals surface area contributed by atoms with E-state index >= 15 is 0 Å². The van der Waals surface area contributed by atoms with Gasteiger partial charge in [-0.2, -0.15) is 0 Å². The van der Waals surface area contributed by atoms with E-state index in [1.807, 2.05) is 18.2 Å². The minimum absolute atomic E-state index is 0.0105. The second-order valence-electron chi connectivity index (χ2n) is 8.24. The minimum atomic E-state index is -1.02. The van der Waals surface area contributed by atoms with Crippen LogP contribution in [-0.2, 0) is 12.0 Å². The Morgan fingerprint density at radius 1 is 1.24 bits per heavy atom. The molecule has 29 heavy (non-hydrogen) atoms. The van der Waals surface area contributed by atoms with Crippen molar-refractivity contribution >= 4 is 5.97 Å². The lowest BCUT2D eigenvalue weighted by Gasteiger charge is -2.42. The number of aliphatic hydroxyl groups excluding tert-OH is 1. The summed E-state index contributed by atoms with van der Waals surface area (Å²) < 4.78 is 0. The van der Waals surface area contributed by atoms with Gasteiger partial charge >= 0.3 is 5.97 Å². The van der Waals surface area contributed by atoms with Gasteiger partial charge in [-0.25, -0.2) is 14.8 Å². The number of aromatic nitrogens is 2. The summed E-state index contributed by atoms with van der Waals surface area (Å²) in [6.45, 7) is 7.51. The maximum atomic E-state index is 11.2. The lowest BCUT2D eigenvalue weighted by atomic mass is 9.71. The molecule has 0 bridgehead atoms. The second-order valence-corrected chi connectivity index (χ2v) is 8.24. The van der Waals surface area contributed by atoms with Crippen molar-refractivity contribution in [1.82, 2.24) is 14.9 Å². The molecular weight excluding hydrogens is 366 g/mol. The Labute approximate surface area is 172 Å². The molecule has 6 nitrogen and oxygen atoms in total. The molecule has 1 atom stereocenters.